The molecule has 0 aromatic heterocycles. The zero-order valence-electron chi connectivity index (χ0n) is 17.0. The number of nitrogens with zero attached hydrogens (tertiary/aromatic N) is 3. The van der Waals surface area contributed by atoms with Crippen LogP contribution in [0.3, 0.4) is 0 Å². The van der Waals surface area contributed by atoms with E-state index in [1.54, 1.807) is 8.61 Å². The molecule has 6 rings (SSSR count). The summed E-state index contributed by atoms with van der Waals surface area (Å²) >= 11 is 0. The Morgan fingerprint density at radius 1 is 0.750 bits per heavy atom. The number of carbonyl (C=O) groups excluding carboxylic acids is 1. The van der Waals surface area contributed by atoms with Crippen LogP contribution in [0.4, 0.5) is 0 Å². The van der Waals surface area contributed by atoms with Gasteiger partial charge in [-0.25, -0.2) is 0 Å². The van der Waals surface area contributed by atoms with Crippen molar-refractivity contribution in [2.45, 2.75) is 64.2 Å². The lowest BCUT2D eigenvalue weighted by Crippen LogP contribution is -2.49. The highest BCUT2D eigenvalue weighted by Crippen LogP contribution is 2.61. The van der Waals surface area contributed by atoms with Crippen molar-refractivity contribution >= 4 is 16.1 Å². The van der Waals surface area contributed by atoms with Gasteiger partial charge in [-0.05, 0) is 81.0 Å². The van der Waals surface area contributed by atoms with E-state index < -0.39 is 10.2 Å². The summed E-state index contributed by atoms with van der Waals surface area (Å²) in [6, 6.07) is 0. The van der Waals surface area contributed by atoms with Gasteiger partial charge in [-0.2, -0.15) is 17.0 Å². The van der Waals surface area contributed by atoms with E-state index in [2.05, 4.69) is 0 Å². The third-order valence-corrected chi connectivity index (χ3v) is 10.3. The monoisotopic (exact) mass is 409 g/mol. The fraction of sp³-hybridized carbons (Fsp3) is 0.952. The van der Waals surface area contributed by atoms with Crippen LogP contribution in [-0.4, -0.2) is 67.1 Å². The lowest BCUT2D eigenvalue weighted by molar-refractivity contribution is -0.139. The number of rotatable bonds is 4. The highest BCUT2D eigenvalue weighted by Gasteiger charge is 2.51. The molecular weight excluding hydrogens is 374 g/mol. The molecular formula is C21H35N3O3S. The SMILES string of the molecule is O=C(CC12CC3CC(CC(C3)C1)C2)N1CCCN(S(=O)(=O)N2CCCC2)CC1. The van der Waals surface area contributed by atoms with Crippen LogP contribution in [-0.2, 0) is 15.0 Å². The van der Waals surface area contributed by atoms with Gasteiger partial charge in [0.1, 0.15) is 0 Å². The average molecular weight is 410 g/mol. The Morgan fingerprint density at radius 3 is 1.89 bits per heavy atom. The predicted octanol–water partition coefficient (Wildman–Crippen LogP) is 2.47. The molecule has 0 spiro atoms. The van der Waals surface area contributed by atoms with Crippen molar-refractivity contribution in [3.8, 4) is 0 Å². The zero-order chi connectivity index (χ0) is 19.4. The molecule has 0 unspecified atom stereocenters. The summed E-state index contributed by atoms with van der Waals surface area (Å²) in [6.45, 7) is 3.54. The molecule has 6 nitrogen and oxygen atoms in total. The van der Waals surface area contributed by atoms with Crippen molar-refractivity contribution in [3.63, 3.8) is 0 Å². The molecule has 0 aromatic rings. The van der Waals surface area contributed by atoms with Crippen molar-refractivity contribution in [3.05, 3.63) is 0 Å². The third kappa shape index (κ3) is 3.52. The van der Waals surface area contributed by atoms with Crippen LogP contribution < -0.4 is 0 Å². The Labute approximate surface area is 169 Å². The second kappa shape index (κ2) is 7.24. The van der Waals surface area contributed by atoms with E-state index in [1.807, 2.05) is 4.90 Å². The molecule has 0 atom stereocenters. The molecule has 1 amide bonds. The molecule has 4 bridgehead atoms. The van der Waals surface area contributed by atoms with Gasteiger partial charge in [-0.3, -0.25) is 4.79 Å². The lowest BCUT2D eigenvalue weighted by atomic mass is 9.49. The van der Waals surface area contributed by atoms with E-state index in [0.29, 0.717) is 45.7 Å². The second-order valence-electron chi connectivity index (χ2n) is 10.3. The van der Waals surface area contributed by atoms with Gasteiger partial charge in [-0.1, -0.05) is 0 Å². The number of carbonyl (C=O) groups is 1. The maximum Gasteiger partial charge on any atom is 0.282 e. The molecule has 2 saturated heterocycles. The topological polar surface area (TPSA) is 60.9 Å². The van der Waals surface area contributed by atoms with E-state index in [4.69, 9.17) is 0 Å². The molecule has 4 aliphatic carbocycles. The zero-order valence-corrected chi connectivity index (χ0v) is 17.8. The molecule has 2 aliphatic heterocycles. The van der Waals surface area contributed by atoms with Crippen molar-refractivity contribution in [1.82, 2.24) is 13.5 Å². The quantitative estimate of drug-likeness (QED) is 0.717. The first-order valence-corrected chi connectivity index (χ1v) is 12.9. The average Bonchev–Trinajstić information content (AvgIpc) is 3.05. The van der Waals surface area contributed by atoms with Crippen molar-refractivity contribution in [2.75, 3.05) is 39.3 Å². The van der Waals surface area contributed by atoms with Crippen molar-refractivity contribution < 1.29 is 13.2 Å². The van der Waals surface area contributed by atoms with Crippen LogP contribution in [0.25, 0.3) is 0 Å². The fourth-order valence-corrected chi connectivity index (χ4v) is 9.11. The van der Waals surface area contributed by atoms with Gasteiger partial charge in [0.25, 0.3) is 10.2 Å². The largest absolute Gasteiger partial charge is 0.341 e. The predicted molar refractivity (Wildman–Crippen MR) is 108 cm³/mol. The molecule has 6 aliphatic rings. The Hall–Kier alpha value is -0.660. The number of hydrogen-bond donors (Lipinski definition) is 0. The minimum Gasteiger partial charge on any atom is -0.341 e. The van der Waals surface area contributed by atoms with Crippen LogP contribution in [0.5, 0.6) is 0 Å². The van der Waals surface area contributed by atoms with Gasteiger partial charge >= 0.3 is 0 Å². The summed E-state index contributed by atoms with van der Waals surface area (Å²) in [5, 5.41) is 0. The molecule has 28 heavy (non-hydrogen) atoms. The molecule has 0 aromatic carbocycles. The van der Waals surface area contributed by atoms with Crippen LogP contribution in [0.2, 0.25) is 0 Å². The number of hydrogen-bond acceptors (Lipinski definition) is 3. The first kappa shape index (κ1) is 19.3. The van der Waals surface area contributed by atoms with Crippen LogP contribution >= 0.6 is 0 Å². The summed E-state index contributed by atoms with van der Waals surface area (Å²) in [7, 11) is -3.35. The van der Waals surface area contributed by atoms with Crippen molar-refractivity contribution in [1.29, 1.82) is 0 Å². The van der Waals surface area contributed by atoms with Crippen LogP contribution in [0.1, 0.15) is 64.2 Å². The van der Waals surface area contributed by atoms with E-state index in [9.17, 15) is 13.2 Å². The highest BCUT2D eigenvalue weighted by atomic mass is 32.2. The second-order valence-corrected chi connectivity index (χ2v) is 12.3. The maximum atomic E-state index is 13.2. The Balaban J connectivity index is 1.21. The highest BCUT2D eigenvalue weighted by molar-refractivity contribution is 7.86. The fourth-order valence-electron chi connectivity index (χ4n) is 7.40. The van der Waals surface area contributed by atoms with E-state index >= 15 is 0 Å². The molecule has 158 valence electrons. The Bertz CT molecular complexity index is 681. The van der Waals surface area contributed by atoms with Gasteiger partial charge < -0.3 is 4.90 Å². The van der Waals surface area contributed by atoms with Crippen molar-refractivity contribution in [2.24, 2.45) is 23.2 Å². The molecule has 2 heterocycles. The molecule has 0 radical (unpaired) electrons. The lowest BCUT2D eigenvalue weighted by Gasteiger charge is -2.57. The molecule has 4 saturated carbocycles. The first-order chi connectivity index (χ1) is 13.4. The van der Waals surface area contributed by atoms with Crippen LogP contribution in [0, 0.1) is 23.2 Å². The molecule has 6 fully saturated rings. The summed E-state index contributed by atoms with van der Waals surface area (Å²) in [6.07, 6.45) is 11.4. The van der Waals surface area contributed by atoms with Crippen LogP contribution in [0.15, 0.2) is 0 Å². The van der Waals surface area contributed by atoms with Gasteiger partial charge in [0, 0.05) is 45.7 Å². The Kier molecular flexibility index (Phi) is 4.99. The Morgan fingerprint density at radius 2 is 1.29 bits per heavy atom. The minimum atomic E-state index is -3.35. The van der Waals surface area contributed by atoms with E-state index in [1.165, 1.54) is 38.5 Å². The summed E-state index contributed by atoms with van der Waals surface area (Å²) in [5.41, 5.74) is 0.263. The minimum absolute atomic E-state index is 0.263. The van der Waals surface area contributed by atoms with Gasteiger partial charge in [0.05, 0.1) is 0 Å². The number of amides is 1. The first-order valence-electron chi connectivity index (χ1n) is 11.5. The normalized spacial score (nSPS) is 39.4. The maximum absolute atomic E-state index is 13.2. The van der Waals surface area contributed by atoms with Gasteiger partial charge in [0.2, 0.25) is 5.91 Å². The standard InChI is InChI=1S/C21H35N3O3S/c25-20(16-21-13-17-10-18(14-21)12-19(11-17)15-21)22-4-3-7-24(9-8-22)28(26,27)23-5-1-2-6-23/h17-19H,1-16H2. The molecule has 0 N–H and O–H groups in total. The van der Waals surface area contributed by atoms with Gasteiger partial charge in [0.15, 0.2) is 0 Å². The van der Waals surface area contributed by atoms with E-state index in [-0.39, 0.29) is 11.3 Å². The summed E-state index contributed by atoms with van der Waals surface area (Å²) < 4.78 is 29.0. The molecule has 7 heteroatoms. The summed E-state index contributed by atoms with van der Waals surface area (Å²) in [4.78, 5) is 15.2. The summed E-state index contributed by atoms with van der Waals surface area (Å²) in [5.74, 6) is 2.88. The smallest absolute Gasteiger partial charge is 0.282 e. The third-order valence-electron chi connectivity index (χ3n) is 8.22. The van der Waals surface area contributed by atoms with E-state index in [0.717, 1.165) is 37.0 Å². The van der Waals surface area contributed by atoms with Gasteiger partial charge in [-0.15, -0.1) is 0 Å².